The summed E-state index contributed by atoms with van der Waals surface area (Å²) in [7, 11) is 1.32. The van der Waals surface area contributed by atoms with Gasteiger partial charge in [-0.1, -0.05) is 24.3 Å². The molecule has 0 radical (unpaired) electrons. The predicted octanol–water partition coefficient (Wildman–Crippen LogP) is 3.32. The number of methoxy groups -OCH3 is 1. The molecule has 0 unspecified atom stereocenters. The summed E-state index contributed by atoms with van der Waals surface area (Å²) in [6.07, 6.45) is 2.35. The maximum absolute atomic E-state index is 13.0. The number of likely N-dealkylation sites (tertiary alicyclic amines) is 1. The van der Waals surface area contributed by atoms with Gasteiger partial charge in [0.1, 0.15) is 12.2 Å². The number of esters is 1. The average molecular weight is 341 g/mol. The lowest BCUT2D eigenvalue weighted by molar-refractivity contribution is -0.140. The molecule has 3 rings (SSSR count). The van der Waals surface area contributed by atoms with Gasteiger partial charge in [-0.3, -0.25) is 9.59 Å². The van der Waals surface area contributed by atoms with E-state index in [-0.39, 0.29) is 18.4 Å². The van der Waals surface area contributed by atoms with Crippen LogP contribution in [0.5, 0.6) is 0 Å². The van der Waals surface area contributed by atoms with Gasteiger partial charge >= 0.3 is 5.97 Å². The molecule has 0 aliphatic carbocycles. The van der Waals surface area contributed by atoms with Crippen molar-refractivity contribution in [2.45, 2.75) is 38.6 Å². The first-order valence-electron chi connectivity index (χ1n) is 8.51. The van der Waals surface area contributed by atoms with Crippen molar-refractivity contribution in [3.63, 3.8) is 0 Å². The Morgan fingerprint density at radius 1 is 1.28 bits per heavy atom. The van der Waals surface area contributed by atoms with Crippen LogP contribution in [0.3, 0.4) is 0 Å². The van der Waals surface area contributed by atoms with Gasteiger partial charge in [-0.25, -0.2) is 0 Å². The summed E-state index contributed by atoms with van der Waals surface area (Å²) in [6, 6.07) is 10.1. The van der Waals surface area contributed by atoms with Crippen molar-refractivity contribution in [2.75, 3.05) is 13.7 Å². The van der Waals surface area contributed by atoms with Crippen LogP contribution >= 0.6 is 0 Å². The fourth-order valence-electron chi connectivity index (χ4n) is 3.61. The molecular formula is C20H23NO4. The zero-order valence-electron chi connectivity index (χ0n) is 14.8. The molecule has 5 nitrogen and oxygen atoms in total. The SMILES string of the molecule is COC(=O)Cc1occc1C(=O)N1C[C@@H](c2ccccc2C)C[C@H]1C. The topological polar surface area (TPSA) is 59.8 Å². The highest BCUT2D eigenvalue weighted by molar-refractivity contribution is 5.96. The number of nitrogens with zero attached hydrogens (tertiary/aromatic N) is 1. The fourth-order valence-corrected chi connectivity index (χ4v) is 3.61. The number of carbonyl (C=O) groups excluding carboxylic acids is 2. The molecule has 1 aliphatic heterocycles. The molecule has 1 aromatic heterocycles. The third-order valence-electron chi connectivity index (χ3n) is 4.97. The van der Waals surface area contributed by atoms with E-state index in [1.807, 2.05) is 17.0 Å². The van der Waals surface area contributed by atoms with E-state index in [1.165, 1.54) is 24.5 Å². The Kier molecular flexibility index (Phi) is 4.93. The lowest BCUT2D eigenvalue weighted by atomic mass is 9.93. The zero-order chi connectivity index (χ0) is 18.0. The van der Waals surface area contributed by atoms with Gasteiger partial charge in [-0.2, -0.15) is 0 Å². The van der Waals surface area contributed by atoms with Gasteiger partial charge < -0.3 is 14.1 Å². The van der Waals surface area contributed by atoms with E-state index < -0.39 is 5.97 Å². The number of aryl methyl sites for hydroxylation is 1. The molecule has 1 aliphatic rings. The quantitative estimate of drug-likeness (QED) is 0.801. The van der Waals surface area contributed by atoms with Crippen LogP contribution in [0.25, 0.3) is 0 Å². The maximum atomic E-state index is 13.0. The van der Waals surface area contributed by atoms with E-state index in [1.54, 1.807) is 6.07 Å². The molecule has 1 saturated heterocycles. The van der Waals surface area contributed by atoms with Crippen molar-refractivity contribution in [3.8, 4) is 0 Å². The van der Waals surface area contributed by atoms with Crippen molar-refractivity contribution < 1.29 is 18.7 Å². The molecule has 1 amide bonds. The third-order valence-corrected chi connectivity index (χ3v) is 4.97. The summed E-state index contributed by atoms with van der Waals surface area (Å²) >= 11 is 0. The molecule has 2 aromatic rings. The highest BCUT2D eigenvalue weighted by Gasteiger charge is 2.35. The summed E-state index contributed by atoms with van der Waals surface area (Å²) < 4.78 is 10.0. The molecule has 5 heteroatoms. The largest absolute Gasteiger partial charge is 0.469 e. The summed E-state index contributed by atoms with van der Waals surface area (Å²) in [6.45, 7) is 4.85. The van der Waals surface area contributed by atoms with E-state index in [0.29, 0.717) is 23.8 Å². The summed E-state index contributed by atoms with van der Waals surface area (Å²) in [5, 5.41) is 0. The normalized spacial score (nSPS) is 19.9. The van der Waals surface area contributed by atoms with Crippen LogP contribution in [0.2, 0.25) is 0 Å². The van der Waals surface area contributed by atoms with Crippen LogP contribution < -0.4 is 0 Å². The summed E-state index contributed by atoms with van der Waals surface area (Å²) in [5.41, 5.74) is 3.00. The van der Waals surface area contributed by atoms with E-state index in [0.717, 1.165) is 6.42 Å². The van der Waals surface area contributed by atoms with Crippen molar-refractivity contribution in [1.82, 2.24) is 4.90 Å². The van der Waals surface area contributed by atoms with Gasteiger partial charge in [0.2, 0.25) is 0 Å². The Hall–Kier alpha value is -2.56. The monoisotopic (exact) mass is 341 g/mol. The predicted molar refractivity (Wildman–Crippen MR) is 93.5 cm³/mol. The van der Waals surface area contributed by atoms with Crippen LogP contribution in [0.4, 0.5) is 0 Å². The number of hydrogen-bond acceptors (Lipinski definition) is 4. The Labute approximate surface area is 147 Å². The number of hydrogen-bond donors (Lipinski definition) is 0. The molecule has 25 heavy (non-hydrogen) atoms. The second kappa shape index (κ2) is 7.13. The number of rotatable bonds is 4. The molecule has 1 aromatic carbocycles. The van der Waals surface area contributed by atoms with Crippen LogP contribution in [0, 0.1) is 6.92 Å². The minimum absolute atomic E-state index is 0.0337. The fraction of sp³-hybridized carbons (Fsp3) is 0.400. The Bertz CT molecular complexity index is 780. The minimum atomic E-state index is -0.420. The van der Waals surface area contributed by atoms with Gasteiger partial charge in [0.25, 0.3) is 5.91 Å². The first kappa shape index (κ1) is 17.3. The van der Waals surface area contributed by atoms with Crippen molar-refractivity contribution >= 4 is 11.9 Å². The third kappa shape index (κ3) is 3.45. The van der Waals surface area contributed by atoms with Crippen LogP contribution in [-0.4, -0.2) is 36.5 Å². The van der Waals surface area contributed by atoms with Crippen molar-refractivity contribution in [3.05, 3.63) is 59.0 Å². The van der Waals surface area contributed by atoms with Gasteiger partial charge in [0, 0.05) is 18.5 Å². The Morgan fingerprint density at radius 3 is 2.76 bits per heavy atom. The van der Waals surface area contributed by atoms with Crippen molar-refractivity contribution in [2.24, 2.45) is 0 Å². The molecule has 0 spiro atoms. The van der Waals surface area contributed by atoms with Crippen LogP contribution in [-0.2, 0) is 16.0 Å². The van der Waals surface area contributed by atoms with E-state index in [2.05, 4.69) is 30.7 Å². The zero-order valence-corrected chi connectivity index (χ0v) is 14.8. The van der Waals surface area contributed by atoms with Crippen LogP contribution in [0.15, 0.2) is 41.0 Å². The second-order valence-corrected chi connectivity index (χ2v) is 6.61. The van der Waals surface area contributed by atoms with Crippen molar-refractivity contribution in [1.29, 1.82) is 0 Å². The van der Waals surface area contributed by atoms with E-state index >= 15 is 0 Å². The molecule has 2 heterocycles. The lowest BCUT2D eigenvalue weighted by Crippen LogP contribution is -2.34. The van der Waals surface area contributed by atoms with E-state index in [9.17, 15) is 9.59 Å². The highest BCUT2D eigenvalue weighted by atomic mass is 16.5. The molecule has 0 bridgehead atoms. The smallest absolute Gasteiger partial charge is 0.313 e. The standard InChI is InChI=1S/C20H23NO4/c1-13-6-4-5-7-16(13)15-10-14(2)21(12-15)20(23)17-8-9-25-18(17)11-19(22)24-3/h4-9,14-15H,10-12H2,1-3H3/t14-,15+/m1/s1. The first-order valence-corrected chi connectivity index (χ1v) is 8.51. The number of benzene rings is 1. The molecule has 0 N–H and O–H groups in total. The van der Waals surface area contributed by atoms with Gasteiger partial charge in [-0.05, 0) is 37.5 Å². The molecular weight excluding hydrogens is 318 g/mol. The average Bonchev–Trinajstić information content (AvgIpc) is 3.21. The van der Waals surface area contributed by atoms with Crippen LogP contribution in [0.1, 0.15) is 46.5 Å². The molecule has 1 fully saturated rings. The molecule has 0 saturated carbocycles. The maximum Gasteiger partial charge on any atom is 0.313 e. The number of furan rings is 1. The minimum Gasteiger partial charge on any atom is -0.469 e. The highest BCUT2D eigenvalue weighted by Crippen LogP contribution is 2.34. The number of amides is 1. The number of carbonyl (C=O) groups is 2. The Morgan fingerprint density at radius 2 is 2.04 bits per heavy atom. The van der Waals surface area contributed by atoms with Gasteiger partial charge in [-0.15, -0.1) is 0 Å². The van der Waals surface area contributed by atoms with Gasteiger partial charge in [0.15, 0.2) is 0 Å². The first-order chi connectivity index (χ1) is 12.0. The summed E-state index contributed by atoms with van der Waals surface area (Å²) in [5.74, 6) is 0.187. The Balaban J connectivity index is 1.79. The number of ether oxygens (including phenoxy) is 1. The summed E-state index contributed by atoms with van der Waals surface area (Å²) in [4.78, 5) is 26.4. The second-order valence-electron chi connectivity index (χ2n) is 6.61. The van der Waals surface area contributed by atoms with Gasteiger partial charge in [0.05, 0.1) is 18.9 Å². The lowest BCUT2D eigenvalue weighted by Gasteiger charge is -2.21. The van der Waals surface area contributed by atoms with E-state index in [4.69, 9.17) is 4.42 Å². The molecule has 2 atom stereocenters. The molecule has 132 valence electrons.